The van der Waals surface area contributed by atoms with E-state index in [-0.39, 0.29) is 35.5 Å². The second-order valence-electron chi connectivity index (χ2n) is 12.0. The molecule has 1 N–H and O–H groups in total. The maximum absolute atomic E-state index is 14.3. The normalized spacial score (nSPS) is 14.1. The van der Waals surface area contributed by atoms with E-state index in [1.807, 2.05) is 18.7 Å². The molecule has 5 rings (SSSR count). The molecular weight excluding hydrogens is 677 g/mol. The molecule has 4 aromatic rings. The molecule has 0 spiro atoms. The van der Waals surface area contributed by atoms with Crippen molar-refractivity contribution in [2.75, 3.05) is 36.4 Å². The van der Waals surface area contributed by atoms with Crippen molar-refractivity contribution >= 4 is 46.1 Å². The molecule has 0 saturated carbocycles. The first-order chi connectivity index (χ1) is 23.9. The maximum Gasteiger partial charge on any atom is 0.416 e. The largest absolute Gasteiger partial charge is 0.416 e. The standard InChI is InChI=1S/C33H40ClF3N10O3/c1-4-7-8-10-22(9-5-2)30-41-32-46(18-27(48)40-25-12-11-23(17-24(25)34)33(35,36)37)26(6-3)29(31(50)47(32)42-30)44-15-13-43(14-16-44)28(49)19-45-21-38-20-39-45/h10-12,17,20-21H,4-9,13-16,18-19H2,1-3H3,(H,40,48)/b22-10+. The van der Waals surface area contributed by atoms with E-state index in [0.29, 0.717) is 56.2 Å². The van der Waals surface area contributed by atoms with Gasteiger partial charge in [-0.3, -0.25) is 14.4 Å². The van der Waals surface area contributed by atoms with Gasteiger partial charge in [-0.15, -0.1) is 5.10 Å². The molecule has 1 saturated heterocycles. The molecule has 13 nitrogen and oxygen atoms in total. The summed E-state index contributed by atoms with van der Waals surface area (Å²) in [6.07, 6.45) is 5.02. The third-order valence-corrected chi connectivity index (χ3v) is 8.81. The molecule has 17 heteroatoms. The molecule has 1 aromatic carbocycles. The lowest BCUT2D eigenvalue weighted by atomic mass is 10.1. The van der Waals surface area contributed by atoms with Crippen LogP contribution in [0.4, 0.5) is 24.5 Å². The van der Waals surface area contributed by atoms with Gasteiger partial charge in [-0.1, -0.05) is 57.7 Å². The highest BCUT2D eigenvalue weighted by atomic mass is 35.5. The summed E-state index contributed by atoms with van der Waals surface area (Å²) in [7, 11) is 0. The van der Waals surface area contributed by atoms with Gasteiger partial charge >= 0.3 is 6.18 Å². The Morgan fingerprint density at radius 1 is 1.06 bits per heavy atom. The van der Waals surface area contributed by atoms with Gasteiger partial charge in [-0.2, -0.15) is 27.8 Å². The van der Waals surface area contributed by atoms with Crippen molar-refractivity contribution in [2.24, 2.45) is 0 Å². The van der Waals surface area contributed by atoms with Gasteiger partial charge in [0.2, 0.25) is 17.6 Å². The molecule has 2 amide bonds. The number of piperazine rings is 1. The van der Waals surface area contributed by atoms with Crippen LogP contribution in [-0.4, -0.2) is 76.8 Å². The Morgan fingerprint density at radius 3 is 2.44 bits per heavy atom. The highest BCUT2D eigenvalue weighted by Gasteiger charge is 2.32. The first-order valence-corrected chi connectivity index (χ1v) is 17.1. The monoisotopic (exact) mass is 716 g/mol. The molecule has 1 fully saturated rings. The molecule has 1 aliphatic rings. The smallest absolute Gasteiger partial charge is 0.362 e. The number of allylic oxidation sites excluding steroid dienone is 2. The second kappa shape index (κ2) is 15.9. The zero-order valence-electron chi connectivity index (χ0n) is 28.2. The summed E-state index contributed by atoms with van der Waals surface area (Å²) in [5.74, 6) is -0.157. The number of benzene rings is 1. The minimum absolute atomic E-state index is 0.0120. The van der Waals surface area contributed by atoms with Gasteiger partial charge < -0.3 is 19.7 Å². The highest BCUT2D eigenvalue weighted by Crippen LogP contribution is 2.34. The number of aromatic nitrogens is 7. The van der Waals surface area contributed by atoms with Crippen molar-refractivity contribution in [2.45, 2.75) is 78.6 Å². The van der Waals surface area contributed by atoms with Gasteiger partial charge in [0, 0.05) is 26.2 Å². The number of halogens is 4. The lowest BCUT2D eigenvalue weighted by Gasteiger charge is -2.36. The predicted octanol–water partition coefficient (Wildman–Crippen LogP) is 5.08. The lowest BCUT2D eigenvalue weighted by Crippen LogP contribution is -2.51. The first kappa shape index (κ1) is 36.5. The Balaban J connectivity index is 1.52. The van der Waals surface area contributed by atoms with E-state index in [2.05, 4.69) is 33.5 Å². The van der Waals surface area contributed by atoms with Crippen LogP contribution in [0.5, 0.6) is 0 Å². The van der Waals surface area contributed by atoms with E-state index in [4.69, 9.17) is 16.6 Å². The van der Waals surface area contributed by atoms with Crippen LogP contribution in [0.15, 0.2) is 41.7 Å². The van der Waals surface area contributed by atoms with Crippen LogP contribution >= 0.6 is 11.6 Å². The van der Waals surface area contributed by atoms with Crippen LogP contribution in [0.1, 0.15) is 70.0 Å². The molecular formula is C33H40ClF3N10O3. The Morgan fingerprint density at radius 2 is 1.82 bits per heavy atom. The van der Waals surface area contributed by atoms with Gasteiger partial charge in [0.25, 0.3) is 5.56 Å². The van der Waals surface area contributed by atoms with Crippen LogP contribution in [-0.2, 0) is 35.3 Å². The molecule has 4 heterocycles. The van der Waals surface area contributed by atoms with E-state index in [1.165, 1.54) is 21.9 Å². The number of rotatable bonds is 13. The van der Waals surface area contributed by atoms with E-state index in [1.54, 1.807) is 9.47 Å². The zero-order chi connectivity index (χ0) is 36.0. The van der Waals surface area contributed by atoms with E-state index in [9.17, 15) is 27.6 Å². The molecule has 0 bridgehead atoms. The molecule has 1 aliphatic heterocycles. The lowest BCUT2D eigenvalue weighted by molar-refractivity contribution is -0.137. The number of hydrogen-bond acceptors (Lipinski definition) is 8. The number of nitrogens with one attached hydrogen (secondary N) is 1. The van der Waals surface area contributed by atoms with Crippen molar-refractivity contribution < 1.29 is 22.8 Å². The van der Waals surface area contributed by atoms with E-state index in [0.717, 1.165) is 49.5 Å². The fourth-order valence-corrected chi connectivity index (χ4v) is 6.21. The Hall–Kier alpha value is -4.73. The quantitative estimate of drug-likeness (QED) is 0.190. The number of anilines is 2. The summed E-state index contributed by atoms with van der Waals surface area (Å²) >= 11 is 6.14. The highest BCUT2D eigenvalue weighted by molar-refractivity contribution is 6.33. The number of carbonyl (C=O) groups excluding carboxylic acids is 2. The average Bonchev–Trinajstić information content (AvgIpc) is 3.77. The van der Waals surface area contributed by atoms with Gasteiger partial charge in [-0.05, 0) is 43.0 Å². The van der Waals surface area contributed by atoms with Gasteiger partial charge in [0.1, 0.15) is 31.4 Å². The van der Waals surface area contributed by atoms with Crippen LogP contribution in [0, 0.1) is 0 Å². The molecule has 268 valence electrons. The molecule has 0 unspecified atom stereocenters. The van der Waals surface area contributed by atoms with Crippen molar-refractivity contribution in [1.29, 1.82) is 0 Å². The Bertz CT molecular complexity index is 1910. The zero-order valence-corrected chi connectivity index (χ0v) is 29.0. The van der Waals surface area contributed by atoms with Gasteiger partial charge in [-0.25, -0.2) is 9.67 Å². The first-order valence-electron chi connectivity index (χ1n) is 16.7. The second-order valence-corrected chi connectivity index (χ2v) is 12.4. The summed E-state index contributed by atoms with van der Waals surface area (Å²) in [6.45, 7) is 7.13. The Kier molecular flexibility index (Phi) is 11.6. The summed E-state index contributed by atoms with van der Waals surface area (Å²) in [4.78, 5) is 53.0. The number of hydrogen-bond donors (Lipinski definition) is 1. The number of alkyl halides is 3. The topological polar surface area (TPSA) is 136 Å². The van der Waals surface area contributed by atoms with Crippen LogP contribution in [0.3, 0.4) is 0 Å². The molecule has 0 atom stereocenters. The minimum Gasteiger partial charge on any atom is -0.362 e. The average molecular weight is 717 g/mol. The number of carbonyl (C=O) groups is 2. The fourth-order valence-electron chi connectivity index (χ4n) is 5.98. The molecule has 3 aromatic heterocycles. The van der Waals surface area contributed by atoms with Crippen molar-refractivity contribution in [3.63, 3.8) is 0 Å². The van der Waals surface area contributed by atoms with Crippen LogP contribution < -0.4 is 15.8 Å². The van der Waals surface area contributed by atoms with Crippen LogP contribution in [0.2, 0.25) is 5.02 Å². The van der Waals surface area contributed by atoms with E-state index >= 15 is 0 Å². The van der Waals surface area contributed by atoms with Crippen molar-refractivity contribution in [1.82, 2.24) is 38.8 Å². The van der Waals surface area contributed by atoms with Gasteiger partial charge in [0.05, 0.1) is 22.0 Å². The Labute approximate surface area is 291 Å². The third-order valence-electron chi connectivity index (χ3n) is 8.50. The summed E-state index contributed by atoms with van der Waals surface area (Å²) in [5.41, 5.74) is 0.446. The molecule has 0 radical (unpaired) electrons. The minimum atomic E-state index is -4.59. The fraction of sp³-hybridized carbons (Fsp3) is 0.485. The number of unbranched alkanes of at least 4 members (excludes halogenated alkanes) is 2. The number of fused-ring (bicyclic) bond motifs is 1. The summed E-state index contributed by atoms with van der Waals surface area (Å²) in [5, 5.41) is 11.0. The third kappa shape index (κ3) is 8.17. The van der Waals surface area contributed by atoms with Crippen molar-refractivity contribution in [3.8, 4) is 0 Å². The number of amides is 2. The SMILES string of the molecule is CCCC/C=C(\CCC)c1nc2n(CC(=O)Nc3ccc(C(F)(F)F)cc3Cl)c(CC)c(N3CCN(C(=O)Cn4cncn4)CC3)c(=O)n2n1. The predicted molar refractivity (Wildman–Crippen MR) is 183 cm³/mol. The van der Waals surface area contributed by atoms with E-state index < -0.39 is 23.2 Å². The maximum atomic E-state index is 14.3. The molecule has 50 heavy (non-hydrogen) atoms. The number of nitrogens with zero attached hydrogens (tertiary/aromatic N) is 9. The summed E-state index contributed by atoms with van der Waals surface area (Å²) in [6, 6.07) is 2.70. The van der Waals surface area contributed by atoms with Crippen molar-refractivity contribution in [3.05, 3.63) is 69.4 Å². The van der Waals surface area contributed by atoms with Crippen LogP contribution in [0.25, 0.3) is 11.4 Å². The van der Waals surface area contributed by atoms with Gasteiger partial charge in [0.15, 0.2) is 5.82 Å². The summed E-state index contributed by atoms with van der Waals surface area (Å²) < 4.78 is 43.9. The molecule has 0 aliphatic carbocycles.